The number of hydrogen-bond acceptors (Lipinski definition) is 14. The fraction of sp³-hybridized carbons (Fsp3) is 0.393. The number of anilines is 2. The number of nitrogens with zero attached hydrogens (tertiary/aromatic N) is 6. The molecule has 1 spiro atoms. The molecule has 1 aromatic heterocycles. The van der Waals surface area contributed by atoms with E-state index in [9.17, 15) is 15.0 Å². The van der Waals surface area contributed by atoms with Gasteiger partial charge in [0.15, 0.2) is 0 Å². The molecule has 2 N–H and O–H groups in total. The van der Waals surface area contributed by atoms with Crippen molar-refractivity contribution in [3.05, 3.63) is 149 Å². The third-order valence-corrected chi connectivity index (χ3v) is 14.8. The summed E-state index contributed by atoms with van der Waals surface area (Å²) in [6, 6.07) is 29.5. The number of aliphatic hydroxyl groups excluding tert-OH is 1. The molecule has 72 heavy (non-hydrogen) atoms. The Labute approximate surface area is 418 Å². The molecule has 0 bridgehead atoms. The number of morpholine rings is 1. The van der Waals surface area contributed by atoms with E-state index in [1.54, 1.807) is 65.8 Å². The van der Waals surface area contributed by atoms with Crippen molar-refractivity contribution in [1.82, 2.24) is 19.8 Å². The minimum atomic E-state index is -2.04. The van der Waals surface area contributed by atoms with Crippen LogP contribution in [-0.4, -0.2) is 125 Å². The highest BCUT2D eigenvalue weighted by Crippen LogP contribution is 2.66. The van der Waals surface area contributed by atoms with Crippen LogP contribution in [0.4, 0.5) is 16.4 Å². The van der Waals surface area contributed by atoms with Crippen molar-refractivity contribution in [1.29, 1.82) is 0 Å². The predicted molar refractivity (Wildman–Crippen MR) is 265 cm³/mol. The van der Waals surface area contributed by atoms with E-state index in [0.717, 1.165) is 36.1 Å². The molecule has 4 aromatic carbocycles. The number of ether oxygens (including phenoxy) is 4. The second-order valence-corrected chi connectivity index (χ2v) is 18.9. The van der Waals surface area contributed by atoms with Gasteiger partial charge in [0.2, 0.25) is 17.8 Å². The Morgan fingerprint density at radius 1 is 0.778 bits per heavy atom. The van der Waals surface area contributed by atoms with Crippen LogP contribution >= 0.6 is 0 Å². The topological polar surface area (TPSA) is 184 Å². The normalized spacial score (nSPS) is 24.7. The van der Waals surface area contributed by atoms with E-state index in [4.69, 9.17) is 18.9 Å². The van der Waals surface area contributed by atoms with Crippen LogP contribution in [0.1, 0.15) is 84.5 Å². The summed E-state index contributed by atoms with van der Waals surface area (Å²) in [6.07, 6.45) is 6.10. The molecular weight excluding hydrogens is 917 g/mol. The molecule has 6 atom stereocenters. The van der Waals surface area contributed by atoms with E-state index < -0.39 is 65.0 Å². The summed E-state index contributed by atoms with van der Waals surface area (Å²) >= 11 is 0. The zero-order chi connectivity index (χ0) is 49.8. The number of rotatable bonds is 11. The molecule has 5 heterocycles. The number of hydrogen-bond donors (Lipinski definition) is 2. The number of fused-ring (bicyclic) bond motifs is 3. The second kappa shape index (κ2) is 20.9. The molecule has 4 aliphatic heterocycles. The molecule has 16 heteroatoms. The quantitative estimate of drug-likeness (QED) is 0.0672. The van der Waals surface area contributed by atoms with Crippen molar-refractivity contribution >= 4 is 35.5 Å². The first-order valence-electron chi connectivity index (χ1n) is 24.8. The summed E-state index contributed by atoms with van der Waals surface area (Å²) in [5.74, 6) is 3.92. The summed E-state index contributed by atoms with van der Waals surface area (Å²) in [4.78, 5) is 78.8. The number of benzene rings is 4. The van der Waals surface area contributed by atoms with Gasteiger partial charge in [0.1, 0.15) is 42.1 Å². The zero-order valence-electron chi connectivity index (χ0n) is 40.2. The number of amides is 3. The zero-order valence-corrected chi connectivity index (χ0v) is 40.2. The Balaban J connectivity index is 1.23. The van der Waals surface area contributed by atoms with Crippen LogP contribution < -0.4 is 14.5 Å². The van der Waals surface area contributed by atoms with Gasteiger partial charge in [-0.2, -0.15) is 0 Å². The molecule has 1 saturated carbocycles. The average Bonchev–Trinajstić information content (AvgIpc) is 3.75. The molecule has 0 unspecified atom stereocenters. The third kappa shape index (κ3) is 8.95. The van der Waals surface area contributed by atoms with Gasteiger partial charge in [-0.25, -0.2) is 19.7 Å². The van der Waals surface area contributed by atoms with Gasteiger partial charge in [-0.15, -0.1) is 0 Å². The Hall–Kier alpha value is -7.16. The van der Waals surface area contributed by atoms with E-state index in [1.165, 1.54) is 7.11 Å². The summed E-state index contributed by atoms with van der Waals surface area (Å²) < 4.78 is 23.5. The highest BCUT2D eigenvalue weighted by atomic mass is 16.6. The third-order valence-electron chi connectivity index (χ3n) is 14.8. The first-order valence-corrected chi connectivity index (χ1v) is 24.8. The molecule has 3 amide bonds. The van der Waals surface area contributed by atoms with Crippen LogP contribution in [-0.2, 0) is 34.0 Å². The molecule has 5 aliphatic rings. The van der Waals surface area contributed by atoms with Gasteiger partial charge in [-0.1, -0.05) is 97.5 Å². The maximum atomic E-state index is 16.6. The lowest BCUT2D eigenvalue weighted by Gasteiger charge is -2.46. The highest BCUT2D eigenvalue weighted by molar-refractivity contribution is 6.23. The van der Waals surface area contributed by atoms with E-state index >= 15 is 14.4 Å². The van der Waals surface area contributed by atoms with E-state index in [-0.39, 0.29) is 45.2 Å². The summed E-state index contributed by atoms with van der Waals surface area (Å²) in [5, 5.41) is 21.4. The van der Waals surface area contributed by atoms with Crippen molar-refractivity contribution < 1.29 is 48.3 Å². The van der Waals surface area contributed by atoms with Crippen LogP contribution in [0, 0.1) is 17.8 Å². The number of carbonyl (C=O) groups is 4. The molecule has 16 nitrogen and oxygen atoms in total. The monoisotopic (exact) mass is 974 g/mol. The maximum absolute atomic E-state index is 16.6. The molecule has 5 aromatic rings. The number of aromatic nitrogens is 2. The number of piperazine rings is 1. The lowest BCUT2D eigenvalue weighted by molar-refractivity contribution is -0.179. The molecule has 1 aliphatic carbocycles. The number of methoxy groups -OCH3 is 1. The molecule has 3 saturated heterocycles. The van der Waals surface area contributed by atoms with Gasteiger partial charge in [0.25, 0.3) is 0 Å². The first-order chi connectivity index (χ1) is 35.2. The summed E-state index contributed by atoms with van der Waals surface area (Å²) in [5.41, 5.74) is -0.379. The SMILES string of the molecule is COCCOC(=O)N1C(=O)[C@@]2(c3cc(C#CC4(O)CCCCCC4)ccc31)[C@H](c1ccc(OCCO)cc1)N1[C@H](c3ccccc3)[C@H](c3ccccc3)OC(=O)[C@H]1[C@@H]2C(=O)N1CCN(c2ncccn2)CC1. The van der Waals surface area contributed by atoms with Gasteiger partial charge in [0.05, 0.1) is 36.9 Å². The van der Waals surface area contributed by atoms with Gasteiger partial charge < -0.3 is 39.0 Å². The minimum Gasteiger partial charge on any atom is -0.491 e. The van der Waals surface area contributed by atoms with Crippen molar-refractivity contribution in [3.8, 4) is 17.6 Å². The molecule has 0 radical (unpaired) electrons. The Morgan fingerprint density at radius 2 is 1.46 bits per heavy atom. The van der Waals surface area contributed by atoms with Crippen molar-refractivity contribution in [2.24, 2.45) is 5.92 Å². The Kier molecular flexibility index (Phi) is 14.1. The molecule has 372 valence electrons. The van der Waals surface area contributed by atoms with Crippen LogP contribution in [0.3, 0.4) is 0 Å². The van der Waals surface area contributed by atoms with Crippen LogP contribution in [0.2, 0.25) is 0 Å². The lowest BCUT2D eigenvalue weighted by Crippen LogP contribution is -2.59. The van der Waals surface area contributed by atoms with Crippen molar-refractivity contribution in [2.75, 3.05) is 69.5 Å². The number of aliphatic hydroxyl groups is 2. The Morgan fingerprint density at radius 3 is 2.12 bits per heavy atom. The Bertz CT molecular complexity index is 2810. The van der Waals surface area contributed by atoms with Gasteiger partial charge in [-0.3, -0.25) is 19.3 Å². The number of imide groups is 1. The largest absolute Gasteiger partial charge is 0.491 e. The van der Waals surface area contributed by atoms with E-state index in [1.807, 2.05) is 70.5 Å². The van der Waals surface area contributed by atoms with Gasteiger partial charge in [0, 0.05) is 51.2 Å². The molecule has 4 fully saturated rings. The summed E-state index contributed by atoms with van der Waals surface area (Å²) in [6.45, 7) is 0.834. The van der Waals surface area contributed by atoms with Crippen LogP contribution in [0.25, 0.3) is 0 Å². The van der Waals surface area contributed by atoms with Gasteiger partial charge >= 0.3 is 12.1 Å². The van der Waals surface area contributed by atoms with E-state index in [0.29, 0.717) is 59.9 Å². The second-order valence-electron chi connectivity index (χ2n) is 18.9. The van der Waals surface area contributed by atoms with Crippen molar-refractivity contribution in [2.45, 2.75) is 73.8 Å². The fourth-order valence-electron chi connectivity index (χ4n) is 11.5. The van der Waals surface area contributed by atoms with E-state index in [2.05, 4.69) is 21.8 Å². The van der Waals surface area contributed by atoms with Crippen molar-refractivity contribution in [3.63, 3.8) is 0 Å². The number of carbonyl (C=O) groups excluding carboxylic acids is 4. The first kappa shape index (κ1) is 48.5. The lowest BCUT2D eigenvalue weighted by atomic mass is 9.64. The van der Waals surface area contributed by atoms with Crippen LogP contribution in [0.15, 0.2) is 122 Å². The minimum absolute atomic E-state index is 0.0345. The number of esters is 1. The number of cyclic esters (lactones) is 1. The van der Waals surface area contributed by atoms with Gasteiger partial charge in [-0.05, 0) is 84.3 Å². The predicted octanol–water partition coefficient (Wildman–Crippen LogP) is 6.08. The molecule has 10 rings (SSSR count). The van der Waals surface area contributed by atoms with Crippen LogP contribution in [0.5, 0.6) is 5.75 Å². The maximum Gasteiger partial charge on any atom is 0.421 e. The smallest absolute Gasteiger partial charge is 0.421 e. The fourth-order valence-corrected chi connectivity index (χ4v) is 11.5. The average molecular weight is 975 g/mol. The molecular formula is C56H58N6O10. The standard InChI is InChI=1S/C56H58N6O10/c1-69-35-36-71-54(67)61-44-22-17-38(23-26-55(68)24-10-2-3-11-25-55)37-43(44)56(52(61)66)45(50(64)59-29-31-60(32-30-59)53-57-27-12-28-58-53)47-51(65)72-48(40-15-8-5-9-16-40)46(39-13-6-4-7-14-39)62(47)49(56)41-18-20-42(21-19-41)70-34-33-63/h4-9,12-22,27-28,37,45-49,63,68H,2-3,10-11,24-25,29-36H2,1H3/t45-,46-,47-,48+,49+,56-/m1/s1. The highest BCUT2D eigenvalue weighted by Gasteiger charge is 2.76. The summed E-state index contributed by atoms with van der Waals surface area (Å²) in [7, 11) is 1.47.